The first-order chi connectivity index (χ1) is 9.86. The smallest absolute Gasteiger partial charge is 0.306 e. The van der Waals surface area contributed by atoms with E-state index >= 15 is 0 Å². The van der Waals surface area contributed by atoms with Crippen LogP contribution in [0.5, 0.6) is 0 Å². The molecule has 0 aliphatic heterocycles. The molecular formula is C15H26N2O3S. The number of esters is 1. The van der Waals surface area contributed by atoms with Crippen LogP contribution >= 0.6 is 11.3 Å². The summed E-state index contributed by atoms with van der Waals surface area (Å²) in [5.74, 6) is -0.188. The standard InChI is InChI=1S/C15H26N2O3S/c1-15(2,3)12-11-21-13(16-12)10-17(8-9-19-4)7-6-14(18)20-5/h11H,6-10H2,1-5H3. The molecule has 0 bridgehead atoms. The van der Waals surface area contributed by atoms with E-state index < -0.39 is 0 Å². The molecule has 0 aliphatic carbocycles. The van der Waals surface area contributed by atoms with Crippen LogP contribution in [-0.4, -0.2) is 49.8 Å². The summed E-state index contributed by atoms with van der Waals surface area (Å²) in [7, 11) is 3.10. The highest BCUT2D eigenvalue weighted by atomic mass is 32.1. The van der Waals surface area contributed by atoms with E-state index in [4.69, 9.17) is 14.5 Å². The van der Waals surface area contributed by atoms with E-state index in [-0.39, 0.29) is 11.4 Å². The first-order valence-electron chi connectivity index (χ1n) is 7.09. The zero-order valence-corrected chi connectivity index (χ0v) is 14.5. The molecule has 0 atom stereocenters. The fourth-order valence-corrected chi connectivity index (χ4v) is 2.82. The van der Waals surface area contributed by atoms with E-state index in [2.05, 4.69) is 31.1 Å². The van der Waals surface area contributed by atoms with Gasteiger partial charge in [0.25, 0.3) is 0 Å². The lowest BCUT2D eigenvalue weighted by atomic mass is 9.93. The van der Waals surface area contributed by atoms with Crippen molar-refractivity contribution in [3.63, 3.8) is 0 Å². The van der Waals surface area contributed by atoms with Gasteiger partial charge in [-0.1, -0.05) is 20.8 Å². The van der Waals surface area contributed by atoms with Crippen molar-refractivity contribution in [2.75, 3.05) is 33.9 Å². The summed E-state index contributed by atoms with van der Waals surface area (Å²) < 4.78 is 9.82. The number of carbonyl (C=O) groups excluding carboxylic acids is 1. The fraction of sp³-hybridized carbons (Fsp3) is 0.733. The molecule has 0 N–H and O–H groups in total. The number of nitrogens with zero attached hydrogens (tertiary/aromatic N) is 2. The summed E-state index contributed by atoms with van der Waals surface area (Å²) in [6.45, 7) is 9.28. The van der Waals surface area contributed by atoms with E-state index in [1.54, 1.807) is 18.4 Å². The highest BCUT2D eigenvalue weighted by Crippen LogP contribution is 2.24. The predicted octanol–water partition coefficient (Wildman–Crippen LogP) is 2.45. The summed E-state index contributed by atoms with van der Waals surface area (Å²) >= 11 is 1.67. The first-order valence-corrected chi connectivity index (χ1v) is 7.97. The maximum atomic E-state index is 11.3. The Morgan fingerprint density at radius 2 is 2.05 bits per heavy atom. The molecule has 1 rings (SSSR count). The van der Waals surface area contributed by atoms with Crippen LogP contribution in [0, 0.1) is 0 Å². The zero-order valence-electron chi connectivity index (χ0n) is 13.6. The molecule has 0 aliphatic rings. The Balaban J connectivity index is 2.62. The molecule has 1 aromatic rings. The molecule has 0 radical (unpaired) electrons. The summed E-state index contributed by atoms with van der Waals surface area (Å²) in [5, 5.41) is 3.19. The van der Waals surface area contributed by atoms with Gasteiger partial charge in [0.1, 0.15) is 5.01 Å². The summed E-state index contributed by atoms with van der Waals surface area (Å²) in [4.78, 5) is 18.2. The number of hydrogen-bond donors (Lipinski definition) is 0. The lowest BCUT2D eigenvalue weighted by Gasteiger charge is -2.20. The quantitative estimate of drug-likeness (QED) is 0.690. The number of methoxy groups -OCH3 is 2. The van der Waals surface area contributed by atoms with E-state index in [0.717, 1.165) is 23.8 Å². The Morgan fingerprint density at radius 3 is 2.57 bits per heavy atom. The predicted molar refractivity (Wildman–Crippen MR) is 84.6 cm³/mol. The minimum absolute atomic E-state index is 0.0676. The van der Waals surface area contributed by atoms with Crippen LogP contribution in [-0.2, 0) is 26.2 Å². The van der Waals surface area contributed by atoms with Gasteiger partial charge in [-0.15, -0.1) is 11.3 Å². The Kier molecular flexibility index (Phi) is 7.28. The zero-order chi connectivity index (χ0) is 15.9. The molecule has 1 aromatic heterocycles. The number of aromatic nitrogens is 1. The van der Waals surface area contributed by atoms with Crippen LogP contribution in [0.4, 0.5) is 0 Å². The van der Waals surface area contributed by atoms with Crippen LogP contribution in [0.3, 0.4) is 0 Å². The van der Waals surface area contributed by atoms with Crippen LogP contribution in [0.15, 0.2) is 5.38 Å². The molecule has 0 saturated heterocycles. The lowest BCUT2D eigenvalue weighted by Crippen LogP contribution is -2.29. The number of rotatable bonds is 8. The largest absolute Gasteiger partial charge is 0.469 e. The summed E-state index contributed by atoms with van der Waals surface area (Å²) in [6, 6.07) is 0. The second-order valence-corrected chi connectivity index (χ2v) is 6.91. The van der Waals surface area contributed by atoms with E-state index in [1.807, 2.05) is 0 Å². The lowest BCUT2D eigenvalue weighted by molar-refractivity contribution is -0.141. The molecule has 0 unspecified atom stereocenters. The van der Waals surface area contributed by atoms with Crippen LogP contribution in [0.25, 0.3) is 0 Å². The van der Waals surface area contributed by atoms with Gasteiger partial charge in [0.2, 0.25) is 0 Å². The van der Waals surface area contributed by atoms with Crippen LogP contribution in [0.2, 0.25) is 0 Å². The molecular weight excluding hydrogens is 288 g/mol. The number of carbonyl (C=O) groups is 1. The SMILES string of the molecule is COCCN(CCC(=O)OC)Cc1nc(C(C)(C)C)cs1. The van der Waals surface area contributed by atoms with Gasteiger partial charge in [-0.05, 0) is 0 Å². The average Bonchev–Trinajstić information content (AvgIpc) is 2.89. The number of ether oxygens (including phenoxy) is 2. The Labute approximate surface area is 131 Å². The molecule has 5 nitrogen and oxygen atoms in total. The second-order valence-electron chi connectivity index (χ2n) is 5.97. The van der Waals surface area contributed by atoms with E-state index in [1.165, 1.54) is 7.11 Å². The highest BCUT2D eigenvalue weighted by molar-refractivity contribution is 7.09. The monoisotopic (exact) mass is 314 g/mol. The van der Waals surface area contributed by atoms with Crippen LogP contribution < -0.4 is 0 Å². The third-order valence-corrected chi connectivity index (χ3v) is 3.98. The molecule has 6 heteroatoms. The molecule has 0 fully saturated rings. The first kappa shape index (κ1) is 18.1. The van der Waals surface area contributed by atoms with Crippen molar-refractivity contribution in [1.29, 1.82) is 0 Å². The van der Waals surface area contributed by atoms with Gasteiger partial charge in [-0.3, -0.25) is 9.69 Å². The van der Waals surface area contributed by atoms with Crippen molar-refractivity contribution in [1.82, 2.24) is 9.88 Å². The van der Waals surface area contributed by atoms with Gasteiger partial charge in [0.05, 0.1) is 32.4 Å². The maximum Gasteiger partial charge on any atom is 0.306 e. The van der Waals surface area contributed by atoms with Gasteiger partial charge < -0.3 is 9.47 Å². The van der Waals surface area contributed by atoms with Gasteiger partial charge in [0.15, 0.2) is 0 Å². The maximum absolute atomic E-state index is 11.3. The van der Waals surface area contributed by atoms with Gasteiger partial charge in [-0.25, -0.2) is 4.98 Å². The minimum atomic E-state index is -0.188. The molecule has 120 valence electrons. The third-order valence-electron chi connectivity index (χ3n) is 3.15. The molecule has 0 aromatic carbocycles. The van der Waals surface area contributed by atoms with Crippen molar-refractivity contribution in [2.24, 2.45) is 0 Å². The third kappa shape index (κ3) is 6.54. The summed E-state index contributed by atoms with van der Waals surface area (Å²) in [5.41, 5.74) is 1.18. The molecule has 0 saturated carbocycles. The van der Waals surface area contributed by atoms with E-state index in [9.17, 15) is 4.79 Å². The van der Waals surface area contributed by atoms with Gasteiger partial charge in [-0.2, -0.15) is 0 Å². The van der Waals surface area contributed by atoms with Crippen molar-refractivity contribution in [3.05, 3.63) is 16.1 Å². The summed E-state index contributed by atoms with van der Waals surface area (Å²) in [6.07, 6.45) is 0.387. The van der Waals surface area contributed by atoms with Gasteiger partial charge >= 0.3 is 5.97 Å². The Morgan fingerprint density at radius 1 is 1.33 bits per heavy atom. The fourth-order valence-electron chi connectivity index (χ4n) is 1.76. The normalized spacial score (nSPS) is 11.9. The van der Waals surface area contributed by atoms with Crippen molar-refractivity contribution in [2.45, 2.75) is 39.2 Å². The van der Waals surface area contributed by atoms with Crippen LogP contribution in [0.1, 0.15) is 37.9 Å². The second kappa shape index (κ2) is 8.46. The Bertz CT molecular complexity index is 440. The number of thiazole rings is 1. The topological polar surface area (TPSA) is 51.7 Å². The molecule has 0 amide bonds. The van der Waals surface area contributed by atoms with Crippen molar-refractivity contribution in [3.8, 4) is 0 Å². The minimum Gasteiger partial charge on any atom is -0.469 e. The molecule has 0 spiro atoms. The Hall–Kier alpha value is -0.980. The highest BCUT2D eigenvalue weighted by Gasteiger charge is 2.18. The average molecular weight is 314 g/mol. The number of hydrogen-bond acceptors (Lipinski definition) is 6. The van der Waals surface area contributed by atoms with E-state index in [0.29, 0.717) is 19.6 Å². The van der Waals surface area contributed by atoms with Gasteiger partial charge in [0, 0.05) is 31.0 Å². The van der Waals surface area contributed by atoms with Crippen molar-refractivity contribution >= 4 is 17.3 Å². The molecule has 1 heterocycles. The molecule has 21 heavy (non-hydrogen) atoms. The van der Waals surface area contributed by atoms with Crippen molar-refractivity contribution < 1.29 is 14.3 Å².